The van der Waals surface area contributed by atoms with Crippen LogP contribution in [0.1, 0.15) is 47.6 Å². The number of halogens is 1. The van der Waals surface area contributed by atoms with Gasteiger partial charge in [-0.25, -0.2) is 4.98 Å². The van der Waals surface area contributed by atoms with E-state index in [1.165, 1.54) is 11.1 Å². The fraction of sp³-hybridized carbons (Fsp3) is 0.357. The molecule has 1 aliphatic carbocycles. The predicted molar refractivity (Wildman–Crippen MR) is 143 cm³/mol. The molecule has 6 rings (SSSR count). The number of amides is 1. The van der Waals surface area contributed by atoms with E-state index in [-0.39, 0.29) is 11.8 Å². The van der Waals surface area contributed by atoms with E-state index >= 15 is 0 Å². The maximum absolute atomic E-state index is 13.6. The summed E-state index contributed by atoms with van der Waals surface area (Å²) in [5.41, 5.74) is 5.61. The molecule has 1 aliphatic heterocycles. The van der Waals surface area contributed by atoms with E-state index in [4.69, 9.17) is 4.98 Å². The molecule has 0 spiro atoms. The van der Waals surface area contributed by atoms with E-state index in [1.54, 1.807) is 12.4 Å². The van der Waals surface area contributed by atoms with E-state index < -0.39 is 0 Å². The van der Waals surface area contributed by atoms with E-state index in [2.05, 4.69) is 66.6 Å². The van der Waals surface area contributed by atoms with Crippen LogP contribution in [0.15, 0.2) is 65.5 Å². The summed E-state index contributed by atoms with van der Waals surface area (Å²) in [6, 6.07) is 14.6. The van der Waals surface area contributed by atoms with Gasteiger partial charge < -0.3 is 10.2 Å². The average Bonchev–Trinajstić information content (AvgIpc) is 3.32. The minimum atomic E-state index is 0.0785. The number of hydrogen-bond donors (Lipinski definition) is 1. The first kappa shape index (κ1) is 23.2. The minimum Gasteiger partial charge on any atom is -0.366 e. The van der Waals surface area contributed by atoms with Crippen LogP contribution in [0, 0.1) is 5.92 Å². The van der Waals surface area contributed by atoms with Gasteiger partial charge in [0.05, 0.1) is 16.4 Å². The number of likely N-dealkylation sites (tertiary alicyclic amines) is 1. The van der Waals surface area contributed by atoms with Crippen LogP contribution in [-0.2, 0) is 24.2 Å². The molecule has 1 N–H and O–H groups in total. The van der Waals surface area contributed by atoms with Crippen molar-refractivity contribution in [1.29, 1.82) is 0 Å². The van der Waals surface area contributed by atoms with Gasteiger partial charge in [0.15, 0.2) is 5.65 Å². The Morgan fingerprint density at radius 2 is 2.00 bits per heavy atom. The summed E-state index contributed by atoms with van der Waals surface area (Å²) in [6.07, 6.45) is 10.2. The van der Waals surface area contributed by atoms with Crippen molar-refractivity contribution in [1.82, 2.24) is 24.5 Å². The van der Waals surface area contributed by atoms with Crippen LogP contribution < -0.4 is 5.32 Å². The number of benzene rings is 1. The molecule has 4 aromatic rings. The zero-order chi connectivity index (χ0) is 24.5. The maximum atomic E-state index is 13.6. The third-order valence-corrected chi connectivity index (χ3v) is 8.05. The smallest absolute Gasteiger partial charge is 0.226 e. The van der Waals surface area contributed by atoms with Crippen LogP contribution in [0.2, 0.25) is 0 Å². The number of pyridine rings is 1. The number of hydrogen-bond acceptors (Lipinski definition) is 5. The normalized spacial score (nSPS) is 19.8. The minimum absolute atomic E-state index is 0.0785. The number of carbonyl (C=O) groups excluding carboxylic acids is 1. The highest BCUT2D eigenvalue weighted by Crippen LogP contribution is 2.32. The van der Waals surface area contributed by atoms with Crippen LogP contribution >= 0.6 is 15.9 Å². The Bertz CT molecular complexity index is 1390. The van der Waals surface area contributed by atoms with Crippen molar-refractivity contribution in [2.24, 2.45) is 5.92 Å². The molecule has 4 heterocycles. The number of fused-ring (bicyclic) bond motifs is 2. The standard InChI is InChI=1S/C28H29BrN6O/c29-24-17-32-35-26(31-16-19-5-3-11-30-15-19)14-25(33-27(24)35)23-8-4-12-34(18-23)28(36)22-10-9-20-6-1-2-7-21(20)13-22/h1-3,5-7,11,14-15,17,22-23,31H,4,8-10,12-13,16,18H2. The van der Waals surface area contributed by atoms with Crippen molar-refractivity contribution < 1.29 is 4.79 Å². The zero-order valence-electron chi connectivity index (χ0n) is 20.1. The number of rotatable bonds is 5. The van der Waals surface area contributed by atoms with Crippen LogP contribution in [0.4, 0.5) is 5.82 Å². The van der Waals surface area contributed by atoms with Crippen molar-refractivity contribution >= 4 is 33.3 Å². The first-order chi connectivity index (χ1) is 17.7. The van der Waals surface area contributed by atoms with Gasteiger partial charge in [0, 0.05) is 49.9 Å². The number of aromatic nitrogens is 4. The van der Waals surface area contributed by atoms with Gasteiger partial charge in [-0.15, -0.1) is 0 Å². The van der Waals surface area contributed by atoms with E-state index in [1.807, 2.05) is 22.8 Å². The topological polar surface area (TPSA) is 75.4 Å². The van der Waals surface area contributed by atoms with E-state index in [0.717, 1.165) is 65.8 Å². The molecule has 0 radical (unpaired) electrons. The van der Waals surface area contributed by atoms with Crippen LogP contribution in [0.5, 0.6) is 0 Å². The lowest BCUT2D eigenvalue weighted by Crippen LogP contribution is -2.43. The molecule has 184 valence electrons. The highest BCUT2D eigenvalue weighted by atomic mass is 79.9. The second-order valence-electron chi connectivity index (χ2n) is 9.84. The van der Waals surface area contributed by atoms with Crippen molar-refractivity contribution in [3.63, 3.8) is 0 Å². The fourth-order valence-electron chi connectivity index (χ4n) is 5.57. The van der Waals surface area contributed by atoms with Crippen LogP contribution in [0.3, 0.4) is 0 Å². The van der Waals surface area contributed by atoms with Gasteiger partial charge in [-0.05, 0) is 70.8 Å². The lowest BCUT2D eigenvalue weighted by molar-refractivity contribution is -0.137. The zero-order valence-corrected chi connectivity index (χ0v) is 21.7. The van der Waals surface area contributed by atoms with Gasteiger partial charge in [-0.2, -0.15) is 9.61 Å². The van der Waals surface area contributed by atoms with Gasteiger partial charge in [-0.1, -0.05) is 30.3 Å². The molecular weight excluding hydrogens is 516 g/mol. The molecule has 8 heteroatoms. The third-order valence-electron chi connectivity index (χ3n) is 7.49. The number of nitrogens with one attached hydrogen (secondary N) is 1. The Morgan fingerprint density at radius 3 is 2.86 bits per heavy atom. The summed E-state index contributed by atoms with van der Waals surface area (Å²) >= 11 is 3.61. The van der Waals surface area contributed by atoms with Crippen molar-refractivity contribution in [2.75, 3.05) is 18.4 Å². The lowest BCUT2D eigenvalue weighted by Gasteiger charge is -2.36. The molecule has 1 saturated heterocycles. The van der Waals surface area contributed by atoms with Gasteiger partial charge in [-0.3, -0.25) is 9.78 Å². The maximum Gasteiger partial charge on any atom is 0.226 e. The summed E-state index contributed by atoms with van der Waals surface area (Å²) in [5.74, 6) is 1.46. The molecule has 3 aromatic heterocycles. The fourth-order valence-corrected chi connectivity index (χ4v) is 5.92. The van der Waals surface area contributed by atoms with E-state index in [0.29, 0.717) is 19.0 Å². The summed E-state index contributed by atoms with van der Waals surface area (Å²) in [6.45, 7) is 2.19. The highest BCUT2D eigenvalue weighted by molar-refractivity contribution is 9.10. The largest absolute Gasteiger partial charge is 0.366 e. The molecule has 1 amide bonds. The van der Waals surface area contributed by atoms with Crippen LogP contribution in [0.25, 0.3) is 5.65 Å². The second-order valence-corrected chi connectivity index (χ2v) is 10.7. The Labute approximate surface area is 219 Å². The molecule has 0 saturated carbocycles. The Kier molecular flexibility index (Phi) is 6.44. The molecule has 36 heavy (non-hydrogen) atoms. The summed E-state index contributed by atoms with van der Waals surface area (Å²) in [4.78, 5) is 24.8. The number of nitrogens with zero attached hydrogens (tertiary/aromatic N) is 5. The molecule has 7 nitrogen and oxygen atoms in total. The number of aryl methyl sites for hydroxylation is 1. The quantitative estimate of drug-likeness (QED) is 0.382. The number of anilines is 1. The van der Waals surface area contributed by atoms with Gasteiger partial charge in [0.25, 0.3) is 0 Å². The first-order valence-electron chi connectivity index (χ1n) is 12.7. The number of carbonyl (C=O) groups is 1. The number of piperidine rings is 1. The van der Waals surface area contributed by atoms with Gasteiger partial charge >= 0.3 is 0 Å². The van der Waals surface area contributed by atoms with Crippen molar-refractivity contribution in [3.05, 3.63) is 87.9 Å². The van der Waals surface area contributed by atoms with Gasteiger partial charge in [0.1, 0.15) is 5.82 Å². The Hall–Kier alpha value is -3.26. The molecule has 1 fully saturated rings. The average molecular weight is 545 g/mol. The highest BCUT2D eigenvalue weighted by Gasteiger charge is 2.32. The molecule has 1 aromatic carbocycles. The third kappa shape index (κ3) is 4.62. The van der Waals surface area contributed by atoms with Crippen LogP contribution in [-0.4, -0.2) is 43.5 Å². The molecule has 2 atom stereocenters. The summed E-state index contributed by atoms with van der Waals surface area (Å²) < 4.78 is 2.69. The Balaban J connectivity index is 1.22. The monoisotopic (exact) mass is 544 g/mol. The van der Waals surface area contributed by atoms with E-state index in [9.17, 15) is 4.79 Å². The summed E-state index contributed by atoms with van der Waals surface area (Å²) in [7, 11) is 0. The first-order valence-corrected chi connectivity index (χ1v) is 13.5. The lowest BCUT2D eigenvalue weighted by atomic mass is 9.82. The van der Waals surface area contributed by atoms with Gasteiger partial charge in [0.2, 0.25) is 5.91 Å². The second kappa shape index (κ2) is 10.0. The molecule has 2 unspecified atom stereocenters. The SMILES string of the molecule is O=C(C1CCc2ccccc2C1)N1CCCC(c2cc(NCc3cccnc3)n3ncc(Br)c3n2)C1. The molecular formula is C28H29BrN6O. The summed E-state index contributed by atoms with van der Waals surface area (Å²) in [5, 5.41) is 8.02. The molecule has 2 aliphatic rings. The predicted octanol–water partition coefficient (Wildman–Crippen LogP) is 5.01. The molecule has 0 bridgehead atoms. The van der Waals surface area contributed by atoms with Crippen molar-refractivity contribution in [2.45, 2.75) is 44.6 Å². The van der Waals surface area contributed by atoms with Crippen molar-refractivity contribution in [3.8, 4) is 0 Å². The Morgan fingerprint density at radius 1 is 1.11 bits per heavy atom.